The number of aryl methyl sites for hydroxylation is 3. The molecule has 0 aliphatic heterocycles. The van der Waals surface area contributed by atoms with E-state index in [4.69, 9.17) is 4.74 Å². The average molecular weight is 417 g/mol. The Balaban J connectivity index is 1.57. The first-order chi connectivity index (χ1) is 14.9. The third kappa shape index (κ3) is 5.95. The SMILES string of the molecule is CCc1ccc(NC(=O)[C@H](C)Oc2ccc(C(=O)Nc3ccc(C)cc3C)cc2)cc1. The van der Waals surface area contributed by atoms with Crippen LogP contribution in [0.15, 0.2) is 66.7 Å². The minimum absolute atomic E-state index is 0.195. The van der Waals surface area contributed by atoms with Crippen LogP contribution in [0.5, 0.6) is 5.75 Å². The lowest BCUT2D eigenvalue weighted by molar-refractivity contribution is -0.122. The molecule has 1 atom stereocenters. The van der Waals surface area contributed by atoms with Crippen molar-refractivity contribution in [3.8, 4) is 5.75 Å². The van der Waals surface area contributed by atoms with Crippen molar-refractivity contribution < 1.29 is 14.3 Å². The van der Waals surface area contributed by atoms with Crippen LogP contribution < -0.4 is 15.4 Å². The fraction of sp³-hybridized carbons (Fsp3) is 0.231. The first-order valence-corrected chi connectivity index (χ1v) is 10.4. The van der Waals surface area contributed by atoms with E-state index in [1.165, 1.54) is 5.56 Å². The molecule has 0 fully saturated rings. The van der Waals surface area contributed by atoms with E-state index in [1.54, 1.807) is 31.2 Å². The lowest BCUT2D eigenvalue weighted by atomic mass is 10.1. The number of carbonyl (C=O) groups is 2. The monoisotopic (exact) mass is 416 g/mol. The molecule has 0 unspecified atom stereocenters. The van der Waals surface area contributed by atoms with Crippen molar-refractivity contribution in [2.45, 2.75) is 40.2 Å². The van der Waals surface area contributed by atoms with Crippen LogP contribution in [-0.4, -0.2) is 17.9 Å². The van der Waals surface area contributed by atoms with Crippen LogP contribution in [0.3, 0.4) is 0 Å². The minimum Gasteiger partial charge on any atom is -0.481 e. The van der Waals surface area contributed by atoms with Gasteiger partial charge < -0.3 is 15.4 Å². The number of hydrogen-bond donors (Lipinski definition) is 2. The summed E-state index contributed by atoms with van der Waals surface area (Å²) in [6.07, 6.45) is 0.271. The van der Waals surface area contributed by atoms with Crippen LogP contribution in [0.1, 0.15) is 40.9 Å². The first-order valence-electron chi connectivity index (χ1n) is 10.4. The van der Waals surface area contributed by atoms with Crippen molar-refractivity contribution in [2.24, 2.45) is 0 Å². The summed E-state index contributed by atoms with van der Waals surface area (Å²) in [5.74, 6) is 0.0905. The zero-order chi connectivity index (χ0) is 22.4. The Morgan fingerprint density at radius 1 is 0.903 bits per heavy atom. The molecule has 2 amide bonds. The quantitative estimate of drug-likeness (QED) is 0.533. The topological polar surface area (TPSA) is 67.4 Å². The maximum atomic E-state index is 12.5. The Morgan fingerprint density at radius 2 is 1.58 bits per heavy atom. The Kier molecular flexibility index (Phi) is 7.08. The lowest BCUT2D eigenvalue weighted by Crippen LogP contribution is -2.30. The Bertz CT molecular complexity index is 1060. The molecule has 0 aliphatic rings. The molecule has 160 valence electrons. The predicted octanol–water partition coefficient (Wildman–Crippen LogP) is 5.52. The van der Waals surface area contributed by atoms with Gasteiger partial charge in [0, 0.05) is 16.9 Å². The number of hydrogen-bond acceptors (Lipinski definition) is 3. The number of anilines is 2. The number of ether oxygens (including phenoxy) is 1. The zero-order valence-electron chi connectivity index (χ0n) is 18.4. The van der Waals surface area contributed by atoms with Gasteiger partial charge in [-0.2, -0.15) is 0 Å². The molecule has 31 heavy (non-hydrogen) atoms. The van der Waals surface area contributed by atoms with Crippen LogP contribution in [-0.2, 0) is 11.2 Å². The van der Waals surface area contributed by atoms with Crippen molar-refractivity contribution in [3.63, 3.8) is 0 Å². The third-order valence-electron chi connectivity index (χ3n) is 5.06. The van der Waals surface area contributed by atoms with Gasteiger partial charge in [-0.15, -0.1) is 0 Å². The average Bonchev–Trinajstić information content (AvgIpc) is 2.76. The molecular weight excluding hydrogens is 388 g/mol. The van der Waals surface area contributed by atoms with Gasteiger partial charge in [0.1, 0.15) is 5.75 Å². The number of amides is 2. The van der Waals surface area contributed by atoms with Crippen molar-refractivity contribution in [2.75, 3.05) is 10.6 Å². The van der Waals surface area contributed by atoms with Crippen LogP contribution in [0.25, 0.3) is 0 Å². The van der Waals surface area contributed by atoms with Gasteiger partial charge in [-0.1, -0.05) is 36.8 Å². The summed E-state index contributed by atoms with van der Waals surface area (Å²) >= 11 is 0. The van der Waals surface area contributed by atoms with Gasteiger partial charge in [0.25, 0.3) is 11.8 Å². The van der Waals surface area contributed by atoms with Gasteiger partial charge in [0.15, 0.2) is 6.10 Å². The molecule has 0 saturated heterocycles. The molecule has 5 heteroatoms. The van der Waals surface area contributed by atoms with E-state index in [0.717, 1.165) is 28.9 Å². The van der Waals surface area contributed by atoms with Crippen molar-refractivity contribution in [1.29, 1.82) is 0 Å². The van der Waals surface area contributed by atoms with Crippen LogP contribution in [0, 0.1) is 13.8 Å². The molecule has 0 aromatic heterocycles. The van der Waals surface area contributed by atoms with E-state index < -0.39 is 6.10 Å². The maximum Gasteiger partial charge on any atom is 0.265 e. The van der Waals surface area contributed by atoms with Gasteiger partial charge >= 0.3 is 0 Å². The molecular formula is C26H28N2O3. The van der Waals surface area contributed by atoms with Crippen LogP contribution in [0.4, 0.5) is 11.4 Å². The summed E-state index contributed by atoms with van der Waals surface area (Å²) in [6, 6.07) is 20.4. The van der Waals surface area contributed by atoms with Crippen LogP contribution >= 0.6 is 0 Å². The summed E-state index contributed by atoms with van der Waals surface area (Å²) in [7, 11) is 0. The minimum atomic E-state index is -0.680. The van der Waals surface area contributed by atoms with Crippen LogP contribution in [0.2, 0.25) is 0 Å². The normalized spacial score (nSPS) is 11.5. The molecule has 0 spiro atoms. The Hall–Kier alpha value is -3.60. The fourth-order valence-electron chi connectivity index (χ4n) is 3.16. The summed E-state index contributed by atoms with van der Waals surface area (Å²) in [4.78, 5) is 24.9. The second kappa shape index (κ2) is 9.94. The maximum absolute atomic E-state index is 12.5. The molecule has 0 bridgehead atoms. The van der Waals surface area contributed by atoms with Gasteiger partial charge in [0.2, 0.25) is 0 Å². The smallest absolute Gasteiger partial charge is 0.265 e. The molecule has 2 N–H and O–H groups in total. The Morgan fingerprint density at radius 3 is 2.19 bits per heavy atom. The first kappa shape index (κ1) is 22.1. The number of nitrogens with one attached hydrogen (secondary N) is 2. The highest BCUT2D eigenvalue weighted by atomic mass is 16.5. The highest BCUT2D eigenvalue weighted by Crippen LogP contribution is 2.19. The summed E-state index contributed by atoms with van der Waals surface area (Å²) in [5, 5.41) is 5.78. The van der Waals surface area contributed by atoms with E-state index in [2.05, 4.69) is 17.6 Å². The molecule has 3 aromatic carbocycles. The van der Waals surface area contributed by atoms with Crippen molar-refractivity contribution in [1.82, 2.24) is 0 Å². The fourth-order valence-corrected chi connectivity index (χ4v) is 3.16. The molecule has 3 rings (SSSR count). The van der Waals surface area contributed by atoms with E-state index in [-0.39, 0.29) is 11.8 Å². The highest BCUT2D eigenvalue weighted by Gasteiger charge is 2.15. The van der Waals surface area contributed by atoms with Gasteiger partial charge in [-0.05, 0) is 80.8 Å². The summed E-state index contributed by atoms with van der Waals surface area (Å²) < 4.78 is 5.73. The zero-order valence-corrected chi connectivity index (χ0v) is 18.4. The molecule has 3 aromatic rings. The second-order valence-electron chi connectivity index (χ2n) is 7.60. The molecule has 0 heterocycles. The summed E-state index contributed by atoms with van der Waals surface area (Å²) in [5.41, 5.74) is 5.40. The molecule has 5 nitrogen and oxygen atoms in total. The van der Waals surface area contributed by atoms with Crippen molar-refractivity contribution in [3.05, 3.63) is 89.0 Å². The van der Waals surface area contributed by atoms with Crippen molar-refractivity contribution >= 4 is 23.2 Å². The van der Waals surface area contributed by atoms with E-state index in [1.807, 2.05) is 56.3 Å². The highest BCUT2D eigenvalue weighted by molar-refractivity contribution is 6.04. The second-order valence-corrected chi connectivity index (χ2v) is 7.60. The predicted molar refractivity (Wildman–Crippen MR) is 125 cm³/mol. The number of rotatable bonds is 7. The molecule has 0 radical (unpaired) electrons. The third-order valence-corrected chi connectivity index (χ3v) is 5.06. The molecule has 0 aliphatic carbocycles. The molecule has 0 saturated carbocycles. The van der Waals surface area contributed by atoms with Gasteiger partial charge in [0.05, 0.1) is 0 Å². The summed E-state index contributed by atoms with van der Waals surface area (Å²) in [6.45, 7) is 7.75. The van der Waals surface area contributed by atoms with E-state index in [0.29, 0.717) is 11.3 Å². The number of carbonyl (C=O) groups excluding carboxylic acids is 2. The van der Waals surface area contributed by atoms with E-state index in [9.17, 15) is 9.59 Å². The standard InChI is InChI=1S/C26H28N2O3/c1-5-20-7-11-22(12-8-20)27-25(29)19(4)31-23-13-9-21(10-14-23)26(30)28-24-15-6-17(2)16-18(24)3/h6-16,19H,5H2,1-4H3,(H,27,29)(H,28,30)/t19-/m0/s1. The van der Waals surface area contributed by atoms with Gasteiger partial charge in [-0.25, -0.2) is 0 Å². The lowest BCUT2D eigenvalue weighted by Gasteiger charge is -2.15. The van der Waals surface area contributed by atoms with Gasteiger partial charge in [-0.3, -0.25) is 9.59 Å². The Labute approximate surface area is 183 Å². The van der Waals surface area contributed by atoms with E-state index >= 15 is 0 Å². The largest absolute Gasteiger partial charge is 0.481 e. The number of benzene rings is 3.